The van der Waals surface area contributed by atoms with Crippen molar-refractivity contribution in [2.24, 2.45) is 13.0 Å². The van der Waals surface area contributed by atoms with Crippen molar-refractivity contribution >= 4 is 17.3 Å². The normalized spacial score (nSPS) is 19.4. The molecule has 0 radical (unpaired) electrons. The highest BCUT2D eigenvalue weighted by Crippen LogP contribution is 2.24. The van der Waals surface area contributed by atoms with Crippen molar-refractivity contribution in [3.8, 4) is 0 Å². The molecule has 1 aliphatic rings. The van der Waals surface area contributed by atoms with E-state index >= 15 is 0 Å². The summed E-state index contributed by atoms with van der Waals surface area (Å²) in [5, 5.41) is 11.5. The van der Waals surface area contributed by atoms with Crippen molar-refractivity contribution in [1.29, 1.82) is 0 Å². The monoisotopic (exact) mass is 319 g/mol. The van der Waals surface area contributed by atoms with Gasteiger partial charge in [0.1, 0.15) is 0 Å². The van der Waals surface area contributed by atoms with Gasteiger partial charge in [-0.1, -0.05) is 0 Å². The molecular formula is C16H21N3O2S. The number of aromatic nitrogens is 2. The average molecular weight is 319 g/mol. The Hall–Kier alpha value is -1.66. The van der Waals surface area contributed by atoms with Gasteiger partial charge in [-0.25, -0.2) is 9.78 Å². The number of carboxylic acids is 1. The van der Waals surface area contributed by atoms with Gasteiger partial charge in [0.25, 0.3) is 0 Å². The van der Waals surface area contributed by atoms with Crippen molar-refractivity contribution < 1.29 is 9.90 Å². The molecule has 1 aliphatic heterocycles. The molecule has 0 spiro atoms. The molecule has 0 saturated carbocycles. The van der Waals surface area contributed by atoms with Crippen LogP contribution in [0, 0.1) is 5.92 Å². The van der Waals surface area contributed by atoms with E-state index in [0.29, 0.717) is 5.92 Å². The fraction of sp³-hybridized carbons (Fsp3) is 0.500. The fourth-order valence-corrected chi connectivity index (χ4v) is 4.01. The predicted molar refractivity (Wildman–Crippen MR) is 86.2 cm³/mol. The van der Waals surface area contributed by atoms with Gasteiger partial charge in [-0.05, 0) is 36.9 Å². The van der Waals surface area contributed by atoms with E-state index in [-0.39, 0.29) is 5.69 Å². The number of likely N-dealkylation sites (tertiary alicyclic amines) is 1. The molecule has 2 aromatic rings. The number of carbonyl (C=O) groups is 1. The SMILES string of the molecule is Cn1ccc(CN2CCCC(Cc3nc(C(=O)O)cs3)C2)c1. The number of hydrogen-bond acceptors (Lipinski definition) is 4. The molecule has 6 heteroatoms. The van der Waals surface area contributed by atoms with Crippen LogP contribution in [0.2, 0.25) is 0 Å². The summed E-state index contributed by atoms with van der Waals surface area (Å²) in [5.41, 5.74) is 1.53. The average Bonchev–Trinajstić information content (AvgIpc) is 3.09. The van der Waals surface area contributed by atoms with Crippen LogP contribution in [0.3, 0.4) is 0 Å². The second-order valence-electron chi connectivity index (χ2n) is 6.06. The highest BCUT2D eigenvalue weighted by atomic mass is 32.1. The van der Waals surface area contributed by atoms with Gasteiger partial charge in [0.05, 0.1) is 5.01 Å². The molecule has 1 fully saturated rings. The summed E-state index contributed by atoms with van der Waals surface area (Å²) in [6.45, 7) is 3.20. The Morgan fingerprint density at radius 2 is 2.41 bits per heavy atom. The number of thiazole rings is 1. The molecular weight excluding hydrogens is 298 g/mol. The van der Waals surface area contributed by atoms with E-state index < -0.39 is 5.97 Å². The van der Waals surface area contributed by atoms with Crippen molar-refractivity contribution in [1.82, 2.24) is 14.5 Å². The van der Waals surface area contributed by atoms with Gasteiger partial charge >= 0.3 is 5.97 Å². The zero-order chi connectivity index (χ0) is 15.5. The number of nitrogens with zero attached hydrogens (tertiary/aromatic N) is 3. The summed E-state index contributed by atoms with van der Waals surface area (Å²) in [4.78, 5) is 17.6. The lowest BCUT2D eigenvalue weighted by molar-refractivity contribution is 0.0691. The van der Waals surface area contributed by atoms with E-state index in [9.17, 15) is 4.79 Å². The summed E-state index contributed by atoms with van der Waals surface area (Å²) in [6, 6.07) is 2.17. The first kappa shape index (κ1) is 15.2. The lowest BCUT2D eigenvalue weighted by Crippen LogP contribution is -2.35. The van der Waals surface area contributed by atoms with E-state index in [1.807, 2.05) is 7.05 Å². The summed E-state index contributed by atoms with van der Waals surface area (Å²) < 4.78 is 2.08. The molecule has 0 aliphatic carbocycles. The van der Waals surface area contributed by atoms with Crippen molar-refractivity contribution in [3.63, 3.8) is 0 Å². The molecule has 1 N–H and O–H groups in total. The number of carboxylic acid groups (broad SMARTS) is 1. The second-order valence-corrected chi connectivity index (χ2v) is 7.01. The third-order valence-corrected chi connectivity index (χ3v) is 5.01. The number of piperidine rings is 1. The number of hydrogen-bond donors (Lipinski definition) is 1. The minimum Gasteiger partial charge on any atom is -0.476 e. The maximum Gasteiger partial charge on any atom is 0.355 e. The van der Waals surface area contributed by atoms with Crippen molar-refractivity contribution in [2.45, 2.75) is 25.8 Å². The van der Waals surface area contributed by atoms with Gasteiger partial charge < -0.3 is 9.67 Å². The largest absolute Gasteiger partial charge is 0.476 e. The van der Waals surface area contributed by atoms with Crippen LogP contribution < -0.4 is 0 Å². The first-order chi connectivity index (χ1) is 10.6. The minimum absolute atomic E-state index is 0.178. The Kier molecular flexibility index (Phi) is 4.59. The summed E-state index contributed by atoms with van der Waals surface area (Å²) in [7, 11) is 2.05. The van der Waals surface area contributed by atoms with Crippen molar-refractivity contribution in [2.75, 3.05) is 13.1 Å². The van der Waals surface area contributed by atoms with Gasteiger partial charge in [-0.2, -0.15) is 0 Å². The van der Waals surface area contributed by atoms with Gasteiger partial charge in [0, 0.05) is 44.3 Å². The van der Waals surface area contributed by atoms with Crippen LogP contribution >= 0.6 is 11.3 Å². The zero-order valence-electron chi connectivity index (χ0n) is 12.7. The molecule has 118 valence electrons. The minimum atomic E-state index is -0.933. The van der Waals surface area contributed by atoms with E-state index in [4.69, 9.17) is 5.11 Å². The van der Waals surface area contributed by atoms with Crippen LogP contribution in [0.15, 0.2) is 23.8 Å². The van der Waals surface area contributed by atoms with Crippen LogP contribution in [0.25, 0.3) is 0 Å². The Balaban J connectivity index is 1.56. The van der Waals surface area contributed by atoms with E-state index in [1.54, 1.807) is 5.38 Å². The first-order valence-corrected chi connectivity index (χ1v) is 8.49. The van der Waals surface area contributed by atoms with Crippen LogP contribution in [-0.4, -0.2) is 38.6 Å². The number of aryl methyl sites for hydroxylation is 1. The highest BCUT2D eigenvalue weighted by molar-refractivity contribution is 7.09. The maximum absolute atomic E-state index is 10.9. The first-order valence-electron chi connectivity index (χ1n) is 7.61. The molecule has 1 atom stereocenters. The third-order valence-electron chi connectivity index (χ3n) is 4.14. The lowest BCUT2D eigenvalue weighted by Gasteiger charge is -2.32. The van der Waals surface area contributed by atoms with Crippen LogP contribution in [0.4, 0.5) is 0 Å². The maximum atomic E-state index is 10.9. The number of rotatable bonds is 5. The summed E-state index contributed by atoms with van der Waals surface area (Å²) in [6.07, 6.45) is 7.55. The Morgan fingerprint density at radius 1 is 1.55 bits per heavy atom. The molecule has 0 amide bonds. The summed E-state index contributed by atoms with van der Waals surface area (Å²) >= 11 is 1.47. The molecule has 1 unspecified atom stereocenters. The number of aromatic carboxylic acids is 1. The highest BCUT2D eigenvalue weighted by Gasteiger charge is 2.22. The Labute approximate surface area is 134 Å². The smallest absolute Gasteiger partial charge is 0.355 e. The van der Waals surface area contributed by atoms with Crippen LogP contribution in [0.5, 0.6) is 0 Å². The molecule has 2 aromatic heterocycles. The quantitative estimate of drug-likeness (QED) is 0.920. The van der Waals surface area contributed by atoms with Crippen molar-refractivity contribution in [3.05, 3.63) is 40.1 Å². The predicted octanol–water partition coefficient (Wildman–Crippen LogP) is 2.63. The lowest BCUT2D eigenvalue weighted by atomic mass is 9.95. The molecule has 0 aromatic carbocycles. The van der Waals surface area contributed by atoms with Crippen LogP contribution in [0.1, 0.15) is 33.9 Å². The molecule has 1 saturated heterocycles. The van der Waals surface area contributed by atoms with Gasteiger partial charge in [0.15, 0.2) is 5.69 Å². The fourth-order valence-electron chi connectivity index (χ4n) is 3.12. The van der Waals surface area contributed by atoms with E-state index in [1.165, 1.54) is 29.7 Å². The zero-order valence-corrected chi connectivity index (χ0v) is 13.6. The van der Waals surface area contributed by atoms with Gasteiger partial charge in [-0.15, -0.1) is 11.3 Å². The Bertz CT molecular complexity index is 649. The third kappa shape index (κ3) is 3.75. The van der Waals surface area contributed by atoms with E-state index in [2.05, 4.69) is 32.9 Å². The molecule has 22 heavy (non-hydrogen) atoms. The molecule has 0 bridgehead atoms. The van der Waals surface area contributed by atoms with Gasteiger partial charge in [0.2, 0.25) is 0 Å². The molecule has 5 nitrogen and oxygen atoms in total. The second kappa shape index (κ2) is 6.62. The van der Waals surface area contributed by atoms with E-state index in [0.717, 1.165) is 31.1 Å². The summed E-state index contributed by atoms with van der Waals surface area (Å²) in [5.74, 6) is -0.359. The van der Waals surface area contributed by atoms with Gasteiger partial charge in [-0.3, -0.25) is 4.90 Å². The standard InChI is InChI=1S/C16H21N3O2S/c1-18-6-4-13(8-18)10-19-5-2-3-12(9-19)7-15-17-14(11-22-15)16(20)21/h4,6,8,11-12H,2-3,5,7,9-10H2,1H3,(H,20,21). The van der Waals surface area contributed by atoms with Crippen LogP contribution in [-0.2, 0) is 20.0 Å². The Morgan fingerprint density at radius 3 is 3.09 bits per heavy atom. The topological polar surface area (TPSA) is 58.4 Å². The molecule has 3 heterocycles. The molecule has 3 rings (SSSR count).